The number of halogens is 1. The average molecular weight is 301 g/mol. The fourth-order valence-corrected chi connectivity index (χ4v) is 2.15. The van der Waals surface area contributed by atoms with E-state index in [1.54, 1.807) is 6.92 Å². The van der Waals surface area contributed by atoms with Gasteiger partial charge in [0.1, 0.15) is 5.56 Å². The second-order valence-corrected chi connectivity index (χ2v) is 4.75. The van der Waals surface area contributed by atoms with Gasteiger partial charge in [-0.3, -0.25) is 14.9 Å². The number of hydrogen-bond acceptors (Lipinski definition) is 4. The van der Waals surface area contributed by atoms with Crippen LogP contribution in [0.15, 0.2) is 18.2 Å². The van der Waals surface area contributed by atoms with E-state index in [2.05, 4.69) is 0 Å². The van der Waals surface area contributed by atoms with E-state index >= 15 is 0 Å². The molecule has 1 aromatic rings. The summed E-state index contributed by atoms with van der Waals surface area (Å²) in [5.74, 6) is -0.425. The van der Waals surface area contributed by atoms with Crippen molar-refractivity contribution < 1.29 is 14.5 Å². The van der Waals surface area contributed by atoms with E-state index in [4.69, 9.17) is 16.3 Å². The first kappa shape index (κ1) is 16.4. The molecule has 1 amide bonds. The number of hydrogen-bond donors (Lipinski definition) is 0. The summed E-state index contributed by atoms with van der Waals surface area (Å²) < 4.78 is 5.02. The van der Waals surface area contributed by atoms with Crippen LogP contribution in [-0.2, 0) is 4.74 Å². The molecule has 1 atom stereocenters. The third kappa shape index (κ3) is 3.68. The van der Waals surface area contributed by atoms with Crippen LogP contribution in [0.25, 0.3) is 0 Å². The van der Waals surface area contributed by atoms with E-state index in [0.29, 0.717) is 13.2 Å². The van der Waals surface area contributed by atoms with Crippen LogP contribution in [0.4, 0.5) is 5.69 Å². The van der Waals surface area contributed by atoms with Gasteiger partial charge in [0.15, 0.2) is 0 Å². The van der Waals surface area contributed by atoms with Crippen LogP contribution in [0.5, 0.6) is 0 Å². The number of benzene rings is 1. The molecule has 0 aromatic heterocycles. The quantitative estimate of drug-likeness (QED) is 0.598. The standard InChI is InChI=1S/C13H17ClN2O4/c1-4-15(9(2)8-20-3)13(17)11-7-10(14)5-6-12(11)16(18)19/h5-7,9H,4,8H2,1-3H3. The highest BCUT2D eigenvalue weighted by atomic mass is 35.5. The van der Waals surface area contributed by atoms with Crippen molar-refractivity contribution in [1.82, 2.24) is 4.90 Å². The molecule has 0 saturated heterocycles. The summed E-state index contributed by atoms with van der Waals surface area (Å²) in [6, 6.07) is 3.77. The zero-order valence-electron chi connectivity index (χ0n) is 11.6. The molecule has 0 fully saturated rings. The van der Waals surface area contributed by atoms with Gasteiger partial charge in [-0.25, -0.2) is 0 Å². The summed E-state index contributed by atoms with van der Waals surface area (Å²) in [5.41, 5.74) is -0.255. The van der Waals surface area contributed by atoms with Gasteiger partial charge in [-0.2, -0.15) is 0 Å². The first-order valence-corrected chi connectivity index (χ1v) is 6.54. The van der Waals surface area contributed by atoms with Gasteiger partial charge < -0.3 is 9.64 Å². The lowest BCUT2D eigenvalue weighted by Crippen LogP contribution is -2.41. The SMILES string of the molecule is CCN(C(=O)c1cc(Cl)ccc1[N+](=O)[O-])C(C)COC. The molecule has 0 heterocycles. The first-order valence-electron chi connectivity index (χ1n) is 6.16. The van der Waals surface area contributed by atoms with Gasteiger partial charge >= 0.3 is 0 Å². The molecule has 1 aromatic carbocycles. The predicted molar refractivity (Wildman–Crippen MR) is 76.2 cm³/mol. The zero-order valence-corrected chi connectivity index (χ0v) is 12.4. The number of nitro groups is 1. The first-order chi connectivity index (χ1) is 9.42. The molecule has 0 N–H and O–H groups in total. The van der Waals surface area contributed by atoms with Crippen molar-refractivity contribution in [2.24, 2.45) is 0 Å². The maximum Gasteiger partial charge on any atom is 0.282 e. The lowest BCUT2D eigenvalue weighted by Gasteiger charge is -2.27. The predicted octanol–water partition coefficient (Wildman–Crippen LogP) is 2.75. The average Bonchev–Trinajstić information content (AvgIpc) is 2.39. The molecule has 7 heteroatoms. The summed E-state index contributed by atoms with van der Waals surface area (Å²) in [6.45, 7) is 4.41. The number of nitrogens with zero attached hydrogens (tertiary/aromatic N) is 2. The van der Waals surface area contributed by atoms with Crippen molar-refractivity contribution in [3.05, 3.63) is 38.9 Å². The molecule has 1 unspecified atom stereocenters. The van der Waals surface area contributed by atoms with Crippen molar-refractivity contribution in [2.45, 2.75) is 19.9 Å². The normalized spacial score (nSPS) is 12.0. The van der Waals surface area contributed by atoms with E-state index in [1.165, 1.54) is 30.2 Å². The van der Waals surface area contributed by atoms with E-state index < -0.39 is 10.8 Å². The number of rotatable bonds is 6. The van der Waals surface area contributed by atoms with Crippen LogP contribution in [0, 0.1) is 10.1 Å². The lowest BCUT2D eigenvalue weighted by molar-refractivity contribution is -0.385. The van der Waals surface area contributed by atoms with E-state index in [0.717, 1.165) is 0 Å². The molecule has 0 bridgehead atoms. The number of amides is 1. The van der Waals surface area contributed by atoms with Crippen LogP contribution in [-0.4, -0.2) is 42.0 Å². The smallest absolute Gasteiger partial charge is 0.282 e. The molecule has 110 valence electrons. The molecule has 0 aliphatic carbocycles. The Morgan fingerprint density at radius 1 is 1.55 bits per heavy atom. The van der Waals surface area contributed by atoms with Crippen molar-refractivity contribution in [3.8, 4) is 0 Å². The Balaban J connectivity index is 3.18. The van der Waals surface area contributed by atoms with Gasteiger partial charge in [-0.1, -0.05) is 11.6 Å². The van der Waals surface area contributed by atoms with Crippen LogP contribution in [0.1, 0.15) is 24.2 Å². The van der Waals surface area contributed by atoms with Crippen molar-refractivity contribution in [3.63, 3.8) is 0 Å². The number of likely N-dealkylation sites (N-methyl/N-ethyl adjacent to an activating group) is 1. The monoisotopic (exact) mass is 300 g/mol. The van der Waals surface area contributed by atoms with Crippen LogP contribution >= 0.6 is 11.6 Å². The highest BCUT2D eigenvalue weighted by Crippen LogP contribution is 2.24. The van der Waals surface area contributed by atoms with Crippen LogP contribution < -0.4 is 0 Å². The number of carbonyl (C=O) groups is 1. The summed E-state index contributed by atoms with van der Waals surface area (Å²) in [7, 11) is 1.54. The molecular weight excluding hydrogens is 284 g/mol. The third-order valence-corrected chi connectivity index (χ3v) is 3.16. The van der Waals surface area contributed by atoms with Crippen molar-refractivity contribution in [2.75, 3.05) is 20.3 Å². The molecule has 0 aliphatic heterocycles. The minimum absolute atomic E-state index is 0.00713. The van der Waals surface area contributed by atoms with Gasteiger partial charge in [0.05, 0.1) is 17.6 Å². The summed E-state index contributed by atoms with van der Waals surface area (Å²) in [5, 5.41) is 11.3. The van der Waals surface area contributed by atoms with Gasteiger partial charge in [-0.05, 0) is 26.0 Å². The van der Waals surface area contributed by atoms with Crippen LogP contribution in [0.3, 0.4) is 0 Å². The lowest BCUT2D eigenvalue weighted by atomic mass is 10.1. The van der Waals surface area contributed by atoms with Crippen molar-refractivity contribution >= 4 is 23.2 Å². The molecule has 0 radical (unpaired) electrons. The Hall–Kier alpha value is -1.66. The van der Waals surface area contributed by atoms with E-state index in [-0.39, 0.29) is 22.3 Å². The summed E-state index contributed by atoms with van der Waals surface area (Å²) >= 11 is 5.84. The number of methoxy groups -OCH3 is 1. The Morgan fingerprint density at radius 2 is 2.20 bits per heavy atom. The maximum absolute atomic E-state index is 12.5. The number of nitro benzene ring substituents is 1. The zero-order chi connectivity index (χ0) is 15.3. The van der Waals surface area contributed by atoms with Crippen molar-refractivity contribution in [1.29, 1.82) is 0 Å². The molecule has 0 saturated carbocycles. The maximum atomic E-state index is 12.5. The summed E-state index contributed by atoms with van der Waals surface area (Å²) in [6.07, 6.45) is 0. The van der Waals surface area contributed by atoms with Crippen LogP contribution in [0.2, 0.25) is 5.02 Å². The minimum Gasteiger partial charge on any atom is -0.383 e. The molecular formula is C13H17ClN2O4. The molecule has 20 heavy (non-hydrogen) atoms. The summed E-state index contributed by atoms with van der Waals surface area (Å²) in [4.78, 5) is 24.4. The van der Waals surface area contributed by atoms with Gasteiger partial charge in [0.2, 0.25) is 0 Å². The largest absolute Gasteiger partial charge is 0.383 e. The molecule has 0 spiro atoms. The minimum atomic E-state index is -0.585. The van der Waals surface area contributed by atoms with E-state index in [9.17, 15) is 14.9 Å². The second-order valence-electron chi connectivity index (χ2n) is 4.31. The molecule has 6 nitrogen and oxygen atoms in total. The highest BCUT2D eigenvalue weighted by Gasteiger charge is 2.27. The van der Waals surface area contributed by atoms with Gasteiger partial charge in [-0.15, -0.1) is 0 Å². The fraction of sp³-hybridized carbons (Fsp3) is 0.462. The van der Waals surface area contributed by atoms with Gasteiger partial charge in [0.25, 0.3) is 11.6 Å². The second kappa shape index (κ2) is 7.21. The fourth-order valence-electron chi connectivity index (χ4n) is 1.98. The van der Waals surface area contributed by atoms with E-state index in [1.807, 2.05) is 6.92 Å². The van der Waals surface area contributed by atoms with Gasteiger partial charge in [0, 0.05) is 24.7 Å². The Kier molecular flexibility index (Phi) is 5.91. The molecule has 1 rings (SSSR count). The topological polar surface area (TPSA) is 72.7 Å². The Morgan fingerprint density at radius 3 is 2.70 bits per heavy atom. The Labute approximate surface area is 122 Å². The number of ether oxygens (including phenoxy) is 1. The Bertz CT molecular complexity index is 507. The number of carbonyl (C=O) groups excluding carboxylic acids is 1. The third-order valence-electron chi connectivity index (χ3n) is 2.93. The molecule has 0 aliphatic rings. The highest BCUT2D eigenvalue weighted by molar-refractivity contribution is 6.31.